The predicted molar refractivity (Wildman–Crippen MR) is 112 cm³/mol. The largest absolute Gasteiger partial charge is 0.421 e. The van der Waals surface area contributed by atoms with Gasteiger partial charge in [0.25, 0.3) is 5.56 Å². The first-order valence-electron chi connectivity index (χ1n) is 10.3. The quantitative estimate of drug-likeness (QED) is 0.497. The minimum Gasteiger partial charge on any atom is -0.376 e. The van der Waals surface area contributed by atoms with Crippen molar-refractivity contribution in [2.75, 3.05) is 5.32 Å². The predicted octanol–water partition coefficient (Wildman–Crippen LogP) is 4.49. The second-order valence-electron chi connectivity index (χ2n) is 8.04. The topological polar surface area (TPSA) is 107 Å². The number of benzene rings is 1. The lowest BCUT2D eigenvalue weighted by Crippen LogP contribution is -2.41. The van der Waals surface area contributed by atoms with Crippen molar-refractivity contribution in [2.45, 2.75) is 50.4 Å². The summed E-state index contributed by atoms with van der Waals surface area (Å²) < 4.78 is 41.7. The Balaban J connectivity index is 1.71. The van der Waals surface area contributed by atoms with E-state index >= 15 is 0 Å². The Labute approximate surface area is 181 Å². The van der Waals surface area contributed by atoms with Crippen molar-refractivity contribution in [2.24, 2.45) is 5.92 Å². The molecule has 1 saturated carbocycles. The minimum atomic E-state index is -4.81. The molecule has 7 nitrogen and oxygen atoms in total. The summed E-state index contributed by atoms with van der Waals surface area (Å²) in [5.74, 6) is 0.568. The average molecular weight is 445 g/mol. The van der Waals surface area contributed by atoms with E-state index in [0.717, 1.165) is 12.8 Å². The third kappa shape index (κ3) is 3.73. The number of rotatable bonds is 7. The van der Waals surface area contributed by atoms with Gasteiger partial charge >= 0.3 is 6.18 Å². The summed E-state index contributed by atoms with van der Waals surface area (Å²) in [4.78, 5) is 15.1. The van der Waals surface area contributed by atoms with Gasteiger partial charge in [-0.25, -0.2) is 0 Å². The number of nitriles is 1. The molecule has 2 atom stereocenters. The van der Waals surface area contributed by atoms with Gasteiger partial charge in [-0.1, -0.05) is 19.1 Å². The van der Waals surface area contributed by atoms with E-state index in [0.29, 0.717) is 22.5 Å². The number of aliphatic hydroxyl groups is 1. The van der Waals surface area contributed by atoms with Gasteiger partial charge in [0.1, 0.15) is 5.39 Å². The Kier molecular flexibility index (Phi) is 5.46. The van der Waals surface area contributed by atoms with Crippen molar-refractivity contribution in [1.29, 1.82) is 5.26 Å². The first kappa shape index (κ1) is 21.9. The second kappa shape index (κ2) is 7.98. The molecule has 0 amide bonds. The maximum Gasteiger partial charge on any atom is 0.421 e. The highest BCUT2D eigenvalue weighted by atomic mass is 19.4. The van der Waals surface area contributed by atoms with Crippen LogP contribution in [0, 0.1) is 17.2 Å². The van der Waals surface area contributed by atoms with Crippen molar-refractivity contribution in [3.63, 3.8) is 0 Å². The number of halogens is 3. The van der Waals surface area contributed by atoms with Gasteiger partial charge < -0.3 is 15.4 Å². The number of alkyl halides is 3. The molecule has 10 heteroatoms. The molecule has 3 aromatic rings. The number of anilines is 2. The van der Waals surface area contributed by atoms with Crippen molar-refractivity contribution in [3.05, 3.63) is 52.4 Å². The molecule has 0 unspecified atom stereocenters. The molecule has 0 saturated heterocycles. The summed E-state index contributed by atoms with van der Waals surface area (Å²) in [5, 5.41) is 27.2. The lowest BCUT2D eigenvalue weighted by atomic mass is 9.90. The van der Waals surface area contributed by atoms with Crippen LogP contribution in [0.15, 0.2) is 41.3 Å². The highest BCUT2D eigenvalue weighted by molar-refractivity contribution is 5.91. The van der Waals surface area contributed by atoms with Gasteiger partial charge in [0.15, 0.2) is 11.4 Å². The van der Waals surface area contributed by atoms with Gasteiger partial charge in [0, 0.05) is 11.9 Å². The Hall–Kier alpha value is -3.32. The highest BCUT2D eigenvalue weighted by Gasteiger charge is 2.53. The number of H-pyrrole nitrogens is 1. The molecule has 0 aliphatic heterocycles. The number of hydrogen-bond donors (Lipinski definition) is 3. The van der Waals surface area contributed by atoms with Crippen LogP contribution in [0.4, 0.5) is 24.7 Å². The Morgan fingerprint density at radius 2 is 2.00 bits per heavy atom. The SMILES string of the molecule is CC[C@@](O)(c1ccc(Nc2nn([C@@H](CC#N)C3CC3)c3cc[nH]c(=O)c23)cc1)C(F)(F)F. The van der Waals surface area contributed by atoms with Gasteiger partial charge in [-0.05, 0) is 48.9 Å². The summed E-state index contributed by atoms with van der Waals surface area (Å²) in [7, 11) is 0. The Morgan fingerprint density at radius 1 is 1.31 bits per heavy atom. The molecule has 1 aliphatic rings. The number of nitrogens with one attached hydrogen (secondary N) is 2. The van der Waals surface area contributed by atoms with E-state index in [-0.39, 0.29) is 29.4 Å². The Bertz CT molecular complexity index is 1220. The smallest absolute Gasteiger partial charge is 0.376 e. The van der Waals surface area contributed by atoms with Crippen molar-refractivity contribution < 1.29 is 18.3 Å². The maximum atomic E-state index is 13.3. The van der Waals surface area contributed by atoms with Gasteiger partial charge in [0.2, 0.25) is 0 Å². The van der Waals surface area contributed by atoms with Gasteiger partial charge in [-0.2, -0.15) is 23.5 Å². The fourth-order valence-corrected chi connectivity index (χ4v) is 4.00. The van der Waals surface area contributed by atoms with E-state index in [9.17, 15) is 28.3 Å². The zero-order valence-corrected chi connectivity index (χ0v) is 17.3. The lowest BCUT2D eigenvalue weighted by Gasteiger charge is -2.29. The summed E-state index contributed by atoms with van der Waals surface area (Å²) in [6.45, 7) is 1.27. The molecular formula is C22H22F3N5O2. The van der Waals surface area contributed by atoms with Crippen LogP contribution in [-0.4, -0.2) is 26.0 Å². The van der Waals surface area contributed by atoms with Gasteiger partial charge in [-0.15, -0.1) is 0 Å². The molecule has 32 heavy (non-hydrogen) atoms. The van der Waals surface area contributed by atoms with Gasteiger partial charge in [0.05, 0.1) is 24.0 Å². The molecule has 0 spiro atoms. The van der Waals surface area contributed by atoms with Crippen LogP contribution < -0.4 is 10.9 Å². The first-order valence-corrected chi connectivity index (χ1v) is 10.3. The number of hydrogen-bond acceptors (Lipinski definition) is 5. The van der Waals surface area contributed by atoms with Crippen LogP contribution in [-0.2, 0) is 5.60 Å². The van der Waals surface area contributed by atoms with Crippen LogP contribution in [0.5, 0.6) is 0 Å². The number of nitrogens with zero attached hydrogens (tertiary/aromatic N) is 3. The fourth-order valence-electron chi connectivity index (χ4n) is 4.00. The molecule has 0 bridgehead atoms. The van der Waals surface area contributed by atoms with E-state index in [1.807, 2.05) is 0 Å². The molecule has 168 valence electrons. The summed E-state index contributed by atoms with van der Waals surface area (Å²) in [5.41, 5.74) is -2.58. The molecule has 1 aromatic carbocycles. The van der Waals surface area contributed by atoms with Crippen molar-refractivity contribution in [1.82, 2.24) is 14.8 Å². The molecule has 0 radical (unpaired) electrons. The molecule has 3 N–H and O–H groups in total. The molecule has 1 fully saturated rings. The average Bonchev–Trinajstić information content (AvgIpc) is 3.53. The number of aromatic nitrogens is 3. The van der Waals surface area contributed by atoms with Crippen LogP contribution in [0.2, 0.25) is 0 Å². The fraction of sp³-hybridized carbons (Fsp3) is 0.409. The van der Waals surface area contributed by atoms with Crippen LogP contribution in [0.3, 0.4) is 0 Å². The van der Waals surface area contributed by atoms with Crippen molar-refractivity contribution in [3.8, 4) is 6.07 Å². The van der Waals surface area contributed by atoms with E-state index in [1.165, 1.54) is 37.4 Å². The monoisotopic (exact) mass is 445 g/mol. The van der Waals surface area contributed by atoms with Gasteiger partial charge in [-0.3, -0.25) is 9.48 Å². The van der Waals surface area contributed by atoms with E-state index < -0.39 is 18.2 Å². The van der Waals surface area contributed by atoms with E-state index in [2.05, 4.69) is 21.5 Å². The van der Waals surface area contributed by atoms with Crippen LogP contribution in [0.25, 0.3) is 10.9 Å². The molecule has 2 aromatic heterocycles. The molecular weight excluding hydrogens is 423 g/mol. The number of fused-ring (bicyclic) bond motifs is 1. The summed E-state index contributed by atoms with van der Waals surface area (Å²) >= 11 is 0. The van der Waals surface area contributed by atoms with E-state index in [4.69, 9.17) is 0 Å². The zero-order valence-electron chi connectivity index (χ0n) is 17.3. The maximum absolute atomic E-state index is 13.3. The molecule has 1 aliphatic carbocycles. The number of pyridine rings is 1. The lowest BCUT2D eigenvalue weighted by molar-refractivity contribution is -0.267. The Morgan fingerprint density at radius 3 is 2.56 bits per heavy atom. The standard InChI is InChI=1S/C22H22F3N5O2/c1-2-21(32,22(23,24)25)14-5-7-15(8-6-14)28-19-18-17(10-12-27-20(18)31)30(29-19)16(9-11-26)13-3-4-13/h5-8,10,12-13,16,32H,2-4,9H2,1H3,(H,27,31)(H,28,29)/t16-,21+/m0/s1. The first-order chi connectivity index (χ1) is 15.2. The van der Waals surface area contributed by atoms with Crippen LogP contribution in [0.1, 0.15) is 44.2 Å². The third-order valence-electron chi connectivity index (χ3n) is 6.02. The van der Waals surface area contributed by atoms with Crippen molar-refractivity contribution >= 4 is 22.4 Å². The molecule has 2 heterocycles. The second-order valence-corrected chi connectivity index (χ2v) is 8.04. The van der Waals surface area contributed by atoms with Crippen LogP contribution >= 0.6 is 0 Å². The third-order valence-corrected chi connectivity index (χ3v) is 6.02. The minimum absolute atomic E-state index is 0.159. The zero-order chi connectivity index (χ0) is 23.1. The normalized spacial score (nSPS) is 17.0. The van der Waals surface area contributed by atoms with E-state index in [1.54, 1.807) is 10.7 Å². The summed E-state index contributed by atoms with van der Waals surface area (Å²) in [6.07, 6.45) is -1.58. The molecule has 4 rings (SSSR count). The number of aromatic amines is 1. The highest BCUT2D eigenvalue weighted by Crippen LogP contribution is 2.43. The summed E-state index contributed by atoms with van der Waals surface area (Å²) in [6, 6.07) is 8.94.